The molecule has 2 N–H and O–H groups in total. The summed E-state index contributed by atoms with van der Waals surface area (Å²) >= 11 is 7.30. The van der Waals surface area contributed by atoms with Crippen LogP contribution >= 0.6 is 23.5 Å². The smallest absolute Gasteiger partial charge is 0.203 e. The molecule has 168 valence electrons. The fourth-order valence-electron chi connectivity index (χ4n) is 2.97. The van der Waals surface area contributed by atoms with Crippen LogP contribution in [0.3, 0.4) is 0 Å². The number of aromatic hydroxyl groups is 1. The van der Waals surface area contributed by atoms with Crippen molar-refractivity contribution in [3.8, 4) is 28.7 Å². The molecule has 3 rings (SSSR count). The van der Waals surface area contributed by atoms with E-state index >= 15 is 0 Å². The first-order chi connectivity index (χ1) is 15.5. The Bertz CT molecular complexity index is 1080. The van der Waals surface area contributed by atoms with Gasteiger partial charge in [0.15, 0.2) is 23.0 Å². The number of rotatable bonds is 9. The number of methoxy groups -OCH3 is 4. The summed E-state index contributed by atoms with van der Waals surface area (Å²) in [5.41, 5.74) is 2.21. The number of benzene rings is 3. The Hall–Kier alpha value is -3.16. The van der Waals surface area contributed by atoms with Crippen LogP contribution in [0.4, 0.5) is 5.69 Å². The van der Waals surface area contributed by atoms with Gasteiger partial charge in [-0.15, -0.1) is 0 Å². The van der Waals surface area contributed by atoms with Crippen molar-refractivity contribution in [3.63, 3.8) is 0 Å². The zero-order chi connectivity index (χ0) is 23.1. The first-order valence-corrected chi connectivity index (χ1v) is 10.8. The first-order valence-electron chi connectivity index (χ1n) is 9.56. The molecule has 0 unspecified atom stereocenters. The molecule has 8 heteroatoms. The Kier molecular flexibility index (Phi) is 8.03. The monoisotopic (exact) mass is 473 g/mol. The molecular formula is C24H24ClNO5S. The van der Waals surface area contributed by atoms with Crippen molar-refractivity contribution in [2.24, 2.45) is 0 Å². The molecule has 0 aliphatic rings. The molecule has 6 nitrogen and oxygen atoms in total. The van der Waals surface area contributed by atoms with Crippen LogP contribution in [-0.2, 0) is 0 Å². The molecule has 0 aliphatic carbocycles. The lowest BCUT2D eigenvalue weighted by Crippen LogP contribution is -1.95. The van der Waals surface area contributed by atoms with Gasteiger partial charge in [-0.1, -0.05) is 23.8 Å². The van der Waals surface area contributed by atoms with E-state index in [-0.39, 0.29) is 5.75 Å². The Balaban J connectivity index is 1.88. The van der Waals surface area contributed by atoms with E-state index < -0.39 is 0 Å². The fourth-order valence-corrected chi connectivity index (χ4v) is 3.75. The van der Waals surface area contributed by atoms with E-state index in [0.717, 1.165) is 16.0 Å². The summed E-state index contributed by atoms with van der Waals surface area (Å²) < 4.78 is 24.7. The van der Waals surface area contributed by atoms with E-state index in [9.17, 15) is 5.11 Å². The van der Waals surface area contributed by atoms with Crippen LogP contribution in [-0.4, -0.2) is 33.5 Å². The van der Waals surface area contributed by atoms with E-state index in [2.05, 4.69) is 4.72 Å². The molecule has 0 aromatic heterocycles. The minimum Gasteiger partial charge on any atom is -0.503 e. The van der Waals surface area contributed by atoms with E-state index in [1.807, 2.05) is 54.6 Å². The molecule has 0 radical (unpaired) electrons. The number of phenols is 1. The van der Waals surface area contributed by atoms with Crippen molar-refractivity contribution in [2.75, 3.05) is 33.2 Å². The van der Waals surface area contributed by atoms with E-state index in [4.69, 9.17) is 30.5 Å². The SMILES string of the molecule is COc1cc(/C=C\c2cc(OC)c(OC)c(OC)c2)cc(NSc2ccc(Cl)cc2)c1O. The van der Waals surface area contributed by atoms with Crippen molar-refractivity contribution in [1.82, 2.24) is 0 Å². The van der Waals surface area contributed by atoms with E-state index in [1.165, 1.54) is 19.1 Å². The molecule has 0 bridgehead atoms. The third-order valence-electron chi connectivity index (χ3n) is 4.56. The summed E-state index contributed by atoms with van der Waals surface area (Å²) in [4.78, 5) is 0.950. The molecule has 0 atom stereocenters. The molecule has 3 aromatic rings. The number of nitrogens with one attached hydrogen (secondary N) is 1. The van der Waals surface area contributed by atoms with Crippen LogP contribution in [0.25, 0.3) is 12.2 Å². The van der Waals surface area contributed by atoms with Gasteiger partial charge in [0.2, 0.25) is 5.75 Å². The molecule has 0 aliphatic heterocycles. The van der Waals surface area contributed by atoms with Gasteiger partial charge >= 0.3 is 0 Å². The van der Waals surface area contributed by atoms with Crippen molar-refractivity contribution < 1.29 is 24.1 Å². The second-order valence-corrected chi connectivity index (χ2v) is 7.89. The highest BCUT2D eigenvalue weighted by molar-refractivity contribution is 8.00. The molecule has 0 saturated carbocycles. The highest BCUT2D eigenvalue weighted by Crippen LogP contribution is 2.40. The molecule has 0 spiro atoms. The third kappa shape index (κ3) is 5.55. The maximum absolute atomic E-state index is 10.5. The molecule has 0 fully saturated rings. The third-order valence-corrected chi connectivity index (χ3v) is 5.65. The summed E-state index contributed by atoms with van der Waals surface area (Å²) in [5.74, 6) is 2.05. The van der Waals surface area contributed by atoms with Crippen LogP contribution in [0.15, 0.2) is 53.4 Å². The summed E-state index contributed by atoms with van der Waals surface area (Å²) in [6.07, 6.45) is 3.81. The maximum Gasteiger partial charge on any atom is 0.203 e. The zero-order valence-corrected chi connectivity index (χ0v) is 19.7. The van der Waals surface area contributed by atoms with Gasteiger partial charge in [0.1, 0.15) is 0 Å². The van der Waals surface area contributed by atoms with Gasteiger partial charge in [0, 0.05) is 9.92 Å². The summed E-state index contributed by atoms with van der Waals surface area (Å²) in [6, 6.07) is 14.7. The van der Waals surface area contributed by atoms with Crippen LogP contribution in [0, 0.1) is 0 Å². The highest BCUT2D eigenvalue weighted by atomic mass is 35.5. The molecule has 0 amide bonds. The maximum atomic E-state index is 10.5. The van der Waals surface area contributed by atoms with Crippen LogP contribution in [0.2, 0.25) is 5.02 Å². The Morgan fingerprint density at radius 1 is 0.781 bits per heavy atom. The van der Waals surface area contributed by atoms with Crippen LogP contribution in [0.5, 0.6) is 28.7 Å². The number of hydrogen-bond donors (Lipinski definition) is 2. The van der Waals surface area contributed by atoms with Gasteiger partial charge in [-0.25, -0.2) is 0 Å². The standard InChI is InChI=1S/C24H24ClNO5S/c1-28-20-12-15(5-6-16-13-21(29-2)24(31-4)22(14-16)30-3)11-19(23(20)27)26-32-18-9-7-17(25)8-10-18/h5-14,26-27H,1-4H3/b6-5-. The van der Waals surface area contributed by atoms with Gasteiger partial charge < -0.3 is 28.8 Å². The van der Waals surface area contributed by atoms with E-state index in [1.54, 1.807) is 27.4 Å². The summed E-state index contributed by atoms with van der Waals surface area (Å²) in [5, 5.41) is 11.2. The first kappa shape index (κ1) is 23.5. The van der Waals surface area contributed by atoms with Crippen molar-refractivity contribution in [3.05, 3.63) is 64.7 Å². The molecular weight excluding hydrogens is 450 g/mol. The number of halogens is 1. The summed E-state index contributed by atoms with van der Waals surface area (Å²) in [6.45, 7) is 0. The number of hydrogen-bond acceptors (Lipinski definition) is 7. The average molecular weight is 474 g/mol. The van der Waals surface area contributed by atoms with E-state index in [0.29, 0.717) is 33.7 Å². The topological polar surface area (TPSA) is 69.2 Å². The Morgan fingerprint density at radius 2 is 1.31 bits per heavy atom. The lowest BCUT2D eigenvalue weighted by Gasteiger charge is -2.13. The van der Waals surface area contributed by atoms with Gasteiger partial charge in [0.05, 0.1) is 34.1 Å². The quantitative estimate of drug-likeness (QED) is 0.212. The predicted molar refractivity (Wildman–Crippen MR) is 131 cm³/mol. The molecule has 0 heterocycles. The number of phenolic OH excluding ortho intramolecular Hbond substituents is 1. The zero-order valence-electron chi connectivity index (χ0n) is 18.1. The number of anilines is 1. The van der Waals surface area contributed by atoms with Gasteiger partial charge in [0.25, 0.3) is 0 Å². The average Bonchev–Trinajstić information content (AvgIpc) is 2.82. The largest absolute Gasteiger partial charge is 0.503 e. The minimum absolute atomic E-state index is 0.0268. The molecule has 32 heavy (non-hydrogen) atoms. The molecule has 3 aromatic carbocycles. The Morgan fingerprint density at radius 3 is 1.84 bits per heavy atom. The second-order valence-electron chi connectivity index (χ2n) is 6.57. The normalized spacial score (nSPS) is 10.8. The highest BCUT2D eigenvalue weighted by Gasteiger charge is 2.13. The minimum atomic E-state index is 0.0268. The van der Waals surface area contributed by atoms with Crippen LogP contribution < -0.4 is 23.7 Å². The van der Waals surface area contributed by atoms with Crippen molar-refractivity contribution in [2.45, 2.75) is 4.90 Å². The van der Waals surface area contributed by atoms with Gasteiger partial charge in [-0.3, -0.25) is 0 Å². The van der Waals surface area contributed by atoms with Gasteiger partial charge in [-0.2, -0.15) is 0 Å². The lowest BCUT2D eigenvalue weighted by atomic mass is 10.1. The molecule has 0 saturated heterocycles. The lowest BCUT2D eigenvalue weighted by molar-refractivity contribution is 0.324. The summed E-state index contributed by atoms with van der Waals surface area (Å²) in [7, 11) is 6.23. The Labute approximate surface area is 196 Å². The predicted octanol–water partition coefficient (Wildman–Crippen LogP) is 6.37. The van der Waals surface area contributed by atoms with Gasteiger partial charge in [-0.05, 0) is 71.6 Å². The van der Waals surface area contributed by atoms with Crippen molar-refractivity contribution >= 4 is 41.4 Å². The second kappa shape index (κ2) is 10.9. The van der Waals surface area contributed by atoms with Crippen molar-refractivity contribution in [1.29, 1.82) is 0 Å². The van der Waals surface area contributed by atoms with Crippen LogP contribution in [0.1, 0.15) is 11.1 Å². The fraction of sp³-hybridized carbons (Fsp3) is 0.167. The number of ether oxygens (including phenoxy) is 4.